The first-order chi connectivity index (χ1) is 17.2. The molecule has 0 spiro atoms. The topological polar surface area (TPSA) is 82.1 Å². The molecule has 0 radical (unpaired) electrons. The van der Waals surface area contributed by atoms with Crippen LogP contribution in [-0.4, -0.2) is 51.3 Å². The van der Waals surface area contributed by atoms with Crippen LogP contribution in [0.5, 0.6) is 11.5 Å². The predicted octanol–water partition coefficient (Wildman–Crippen LogP) is 5.25. The van der Waals surface area contributed by atoms with Gasteiger partial charge in [-0.3, -0.25) is 4.79 Å². The number of piperidine rings is 1. The molecule has 1 fully saturated rings. The second-order valence-corrected chi connectivity index (χ2v) is 11.7. The molecule has 198 valence electrons. The Hall–Kier alpha value is -2.58. The Morgan fingerprint density at radius 2 is 1.75 bits per heavy atom. The molecule has 2 aromatic rings. The molecule has 2 atom stereocenters. The van der Waals surface area contributed by atoms with Crippen molar-refractivity contribution >= 4 is 16.0 Å². The van der Waals surface area contributed by atoms with Crippen LogP contribution in [0.15, 0.2) is 42.5 Å². The Balaban J connectivity index is 1.86. The van der Waals surface area contributed by atoms with Crippen molar-refractivity contribution < 1.29 is 27.4 Å². The molecular weight excluding hydrogens is 478 g/mol. The fraction of sp³-hybridized carbons (Fsp3) is 0.536. The number of carbonyl (C=O) groups excluding carboxylic acids is 1. The quantitative estimate of drug-likeness (QED) is 0.379. The summed E-state index contributed by atoms with van der Waals surface area (Å²) in [6.07, 6.45) is 2.72. The van der Waals surface area contributed by atoms with Gasteiger partial charge >= 0.3 is 5.97 Å². The molecule has 0 aliphatic carbocycles. The molecule has 1 aliphatic heterocycles. The van der Waals surface area contributed by atoms with Gasteiger partial charge in [0, 0.05) is 6.54 Å². The van der Waals surface area contributed by atoms with Crippen LogP contribution in [0.2, 0.25) is 0 Å². The zero-order valence-electron chi connectivity index (χ0n) is 22.0. The van der Waals surface area contributed by atoms with Crippen LogP contribution in [0.25, 0.3) is 0 Å². The van der Waals surface area contributed by atoms with Crippen LogP contribution in [0, 0.1) is 0 Å². The summed E-state index contributed by atoms with van der Waals surface area (Å²) < 4.78 is 43.5. The van der Waals surface area contributed by atoms with Gasteiger partial charge in [0.15, 0.2) is 11.5 Å². The van der Waals surface area contributed by atoms with Gasteiger partial charge in [0.1, 0.15) is 12.1 Å². The third-order valence-electron chi connectivity index (χ3n) is 6.80. The number of benzene rings is 2. The van der Waals surface area contributed by atoms with Gasteiger partial charge in [-0.1, -0.05) is 44.2 Å². The van der Waals surface area contributed by atoms with Crippen molar-refractivity contribution in [3.8, 4) is 11.5 Å². The fourth-order valence-corrected chi connectivity index (χ4v) is 5.92. The molecule has 1 saturated heterocycles. The maximum Gasteiger partial charge on any atom is 0.325 e. The van der Waals surface area contributed by atoms with Crippen molar-refractivity contribution in [1.82, 2.24) is 4.31 Å². The average molecular weight is 518 g/mol. The van der Waals surface area contributed by atoms with E-state index in [9.17, 15) is 13.2 Å². The molecular formula is C28H39NO6S. The third kappa shape index (κ3) is 6.79. The average Bonchev–Trinajstić information content (AvgIpc) is 2.90. The predicted molar refractivity (Wildman–Crippen MR) is 141 cm³/mol. The molecule has 7 nitrogen and oxygen atoms in total. The van der Waals surface area contributed by atoms with Crippen molar-refractivity contribution in [2.75, 3.05) is 26.5 Å². The van der Waals surface area contributed by atoms with E-state index in [0.29, 0.717) is 43.2 Å². The molecule has 0 amide bonds. The molecule has 3 rings (SSSR count). The lowest BCUT2D eigenvalue weighted by molar-refractivity contribution is -0.155. The summed E-state index contributed by atoms with van der Waals surface area (Å²) in [6.45, 7) is 6.21. The maximum absolute atomic E-state index is 13.4. The number of methoxy groups -OCH3 is 2. The smallest absolute Gasteiger partial charge is 0.325 e. The Labute approximate surface area is 215 Å². The molecule has 1 aliphatic rings. The minimum atomic E-state index is -3.50. The number of hydrogen-bond donors (Lipinski definition) is 0. The summed E-state index contributed by atoms with van der Waals surface area (Å²) in [7, 11) is -0.296. The lowest BCUT2D eigenvalue weighted by Crippen LogP contribution is -2.49. The molecule has 0 saturated carbocycles. The van der Waals surface area contributed by atoms with E-state index in [-0.39, 0.29) is 5.75 Å². The Morgan fingerprint density at radius 1 is 1.03 bits per heavy atom. The Bertz CT molecular complexity index is 1130. The summed E-state index contributed by atoms with van der Waals surface area (Å²) in [4.78, 5) is 13.4. The zero-order chi connectivity index (χ0) is 26.3. The number of nitrogens with zero attached hydrogens (tertiary/aromatic N) is 1. The standard InChI is InChI=1S/C28H39NO6S/c1-6-36(31,32)29-17-8-7-12-24(29)28(30)35-25(23-11-9-10-22(19-23)20(2)3)15-13-21-14-16-26(33-4)27(18-21)34-5/h9-11,14,16,18-20,24-25H,6-8,12-13,15,17H2,1-5H3. The van der Waals surface area contributed by atoms with E-state index in [1.54, 1.807) is 21.1 Å². The monoisotopic (exact) mass is 517 g/mol. The number of ether oxygens (including phenoxy) is 3. The van der Waals surface area contributed by atoms with Crippen molar-refractivity contribution in [3.63, 3.8) is 0 Å². The van der Waals surface area contributed by atoms with Crippen molar-refractivity contribution in [1.29, 1.82) is 0 Å². The lowest BCUT2D eigenvalue weighted by atomic mass is 9.95. The van der Waals surface area contributed by atoms with E-state index in [1.807, 2.05) is 30.3 Å². The van der Waals surface area contributed by atoms with Gasteiger partial charge in [-0.15, -0.1) is 0 Å². The van der Waals surface area contributed by atoms with Crippen LogP contribution >= 0.6 is 0 Å². The lowest BCUT2D eigenvalue weighted by Gasteiger charge is -2.33. The van der Waals surface area contributed by atoms with Crippen LogP contribution in [0.4, 0.5) is 0 Å². The maximum atomic E-state index is 13.4. The normalized spacial score (nSPS) is 17.6. The van der Waals surface area contributed by atoms with Crippen LogP contribution < -0.4 is 9.47 Å². The van der Waals surface area contributed by atoms with Crippen LogP contribution in [0.3, 0.4) is 0 Å². The summed E-state index contributed by atoms with van der Waals surface area (Å²) >= 11 is 0. The third-order valence-corrected chi connectivity index (χ3v) is 8.68. The van der Waals surface area contributed by atoms with Crippen molar-refractivity contribution in [2.24, 2.45) is 0 Å². The minimum absolute atomic E-state index is 0.0318. The number of rotatable bonds is 11. The molecule has 2 unspecified atom stereocenters. The molecule has 2 aromatic carbocycles. The Kier molecular flexibility index (Phi) is 9.79. The first-order valence-electron chi connectivity index (χ1n) is 12.7. The van der Waals surface area contributed by atoms with Crippen LogP contribution in [-0.2, 0) is 26.0 Å². The number of sulfonamides is 1. The van der Waals surface area contributed by atoms with Crippen molar-refractivity contribution in [2.45, 2.75) is 70.9 Å². The molecule has 36 heavy (non-hydrogen) atoms. The highest BCUT2D eigenvalue weighted by molar-refractivity contribution is 7.89. The van der Waals surface area contributed by atoms with Crippen LogP contribution in [0.1, 0.15) is 75.2 Å². The first-order valence-corrected chi connectivity index (χ1v) is 14.3. The summed E-state index contributed by atoms with van der Waals surface area (Å²) in [5, 5.41) is 0. The number of aryl methyl sites for hydroxylation is 1. The summed E-state index contributed by atoms with van der Waals surface area (Å²) in [6, 6.07) is 13.1. The van der Waals surface area contributed by atoms with Gasteiger partial charge < -0.3 is 14.2 Å². The summed E-state index contributed by atoms with van der Waals surface area (Å²) in [5.74, 6) is 1.13. The van der Waals surface area contributed by atoms with Gasteiger partial charge in [-0.2, -0.15) is 4.31 Å². The highest BCUT2D eigenvalue weighted by Crippen LogP contribution is 2.32. The van der Waals surface area contributed by atoms with E-state index in [4.69, 9.17) is 14.2 Å². The number of esters is 1. The van der Waals surface area contributed by atoms with E-state index in [2.05, 4.69) is 26.0 Å². The number of hydrogen-bond acceptors (Lipinski definition) is 6. The second kappa shape index (κ2) is 12.6. The summed E-state index contributed by atoms with van der Waals surface area (Å²) in [5.41, 5.74) is 3.10. The molecule has 0 aromatic heterocycles. The molecule has 0 N–H and O–H groups in total. The highest BCUT2D eigenvalue weighted by Gasteiger charge is 2.38. The first kappa shape index (κ1) is 28.0. The highest BCUT2D eigenvalue weighted by atomic mass is 32.2. The largest absolute Gasteiger partial charge is 0.493 e. The van der Waals surface area contributed by atoms with E-state index >= 15 is 0 Å². The van der Waals surface area contributed by atoms with E-state index in [1.165, 1.54) is 4.31 Å². The molecule has 8 heteroatoms. The van der Waals surface area contributed by atoms with E-state index < -0.39 is 28.1 Å². The van der Waals surface area contributed by atoms with E-state index in [0.717, 1.165) is 29.5 Å². The molecule has 0 bridgehead atoms. The SMILES string of the molecule is CCS(=O)(=O)N1CCCCC1C(=O)OC(CCc1ccc(OC)c(OC)c1)c1cccc(C(C)C)c1. The van der Waals surface area contributed by atoms with Gasteiger partial charge in [0.2, 0.25) is 10.0 Å². The van der Waals surface area contributed by atoms with Crippen molar-refractivity contribution in [3.05, 3.63) is 59.2 Å². The second-order valence-electron chi connectivity index (χ2n) is 9.50. The fourth-order valence-electron chi connectivity index (χ4n) is 4.60. The number of carbonyl (C=O) groups is 1. The zero-order valence-corrected chi connectivity index (χ0v) is 22.8. The molecule has 1 heterocycles. The van der Waals surface area contributed by atoms with Gasteiger partial charge in [0.25, 0.3) is 0 Å². The van der Waals surface area contributed by atoms with Gasteiger partial charge in [0.05, 0.1) is 20.0 Å². The van der Waals surface area contributed by atoms with Gasteiger partial charge in [-0.05, 0) is 73.8 Å². The minimum Gasteiger partial charge on any atom is -0.493 e. The Morgan fingerprint density at radius 3 is 2.42 bits per heavy atom. The van der Waals surface area contributed by atoms with Gasteiger partial charge in [-0.25, -0.2) is 8.42 Å².